The topological polar surface area (TPSA) is 76.3 Å². The molecule has 1 N–H and O–H groups in total. The summed E-state index contributed by atoms with van der Waals surface area (Å²) in [5.41, 5.74) is 3.92. The second kappa shape index (κ2) is 8.71. The molecule has 0 aliphatic heterocycles. The highest BCUT2D eigenvalue weighted by atomic mass is 35.5. The minimum absolute atomic E-state index is 0.123. The Kier molecular flexibility index (Phi) is 5.68. The van der Waals surface area contributed by atoms with E-state index in [1.165, 1.54) is 10.9 Å². The number of hydrazone groups is 1. The van der Waals surface area contributed by atoms with E-state index in [0.29, 0.717) is 21.4 Å². The lowest BCUT2D eigenvalue weighted by Crippen LogP contribution is -2.29. The summed E-state index contributed by atoms with van der Waals surface area (Å²) in [6, 6.07) is 23.5. The lowest BCUT2D eigenvalue weighted by molar-refractivity contribution is 0.0949. The van der Waals surface area contributed by atoms with E-state index in [1.807, 2.05) is 42.5 Å². The average molecular weight is 417 g/mol. The first-order valence-electron chi connectivity index (χ1n) is 9.25. The van der Waals surface area contributed by atoms with Gasteiger partial charge in [0.2, 0.25) is 0 Å². The van der Waals surface area contributed by atoms with Crippen molar-refractivity contribution >= 4 is 34.5 Å². The molecule has 0 aliphatic rings. The smallest absolute Gasteiger partial charge is 0.267 e. The zero-order chi connectivity index (χ0) is 20.9. The van der Waals surface area contributed by atoms with Gasteiger partial charge in [-0.1, -0.05) is 78.3 Å². The fraction of sp³-hybridized carbons (Fsp3) is 0.0435. The van der Waals surface area contributed by atoms with E-state index < -0.39 is 5.91 Å². The van der Waals surface area contributed by atoms with Crippen molar-refractivity contribution < 1.29 is 4.79 Å². The van der Waals surface area contributed by atoms with Gasteiger partial charge in [-0.3, -0.25) is 9.59 Å². The molecule has 0 atom stereocenters. The number of hydrogen-bond donors (Lipinski definition) is 1. The Balaban J connectivity index is 1.68. The lowest BCUT2D eigenvalue weighted by atomic mass is 10.1. The van der Waals surface area contributed by atoms with Crippen LogP contribution in [0, 0.1) is 0 Å². The zero-order valence-electron chi connectivity index (χ0n) is 15.8. The van der Waals surface area contributed by atoms with Gasteiger partial charge in [-0.15, -0.1) is 0 Å². The molecule has 0 radical (unpaired) electrons. The first-order valence-corrected chi connectivity index (χ1v) is 9.63. The van der Waals surface area contributed by atoms with Crippen LogP contribution in [0.15, 0.2) is 88.8 Å². The maximum Gasteiger partial charge on any atom is 0.292 e. The van der Waals surface area contributed by atoms with Crippen molar-refractivity contribution in [3.05, 3.63) is 111 Å². The number of aromatic nitrogens is 2. The van der Waals surface area contributed by atoms with Crippen molar-refractivity contribution in [2.24, 2.45) is 5.10 Å². The molecule has 148 valence electrons. The molecule has 0 fully saturated rings. The Morgan fingerprint density at radius 3 is 2.40 bits per heavy atom. The Labute approximate surface area is 177 Å². The van der Waals surface area contributed by atoms with Gasteiger partial charge < -0.3 is 0 Å². The van der Waals surface area contributed by atoms with Crippen LogP contribution in [0.5, 0.6) is 0 Å². The number of benzene rings is 3. The first kappa shape index (κ1) is 19.5. The van der Waals surface area contributed by atoms with E-state index in [4.69, 9.17) is 11.6 Å². The molecule has 0 saturated carbocycles. The Morgan fingerprint density at radius 1 is 0.967 bits per heavy atom. The molecule has 4 rings (SSSR count). The van der Waals surface area contributed by atoms with Gasteiger partial charge in [0.25, 0.3) is 11.5 Å². The number of amides is 1. The van der Waals surface area contributed by atoms with E-state index in [2.05, 4.69) is 15.6 Å². The molecular formula is C23H17ClN4O2. The van der Waals surface area contributed by atoms with Crippen molar-refractivity contribution in [3.8, 4) is 0 Å². The summed E-state index contributed by atoms with van der Waals surface area (Å²) in [5.74, 6) is -0.517. The second-order valence-electron chi connectivity index (χ2n) is 6.56. The fourth-order valence-corrected chi connectivity index (χ4v) is 3.24. The lowest BCUT2D eigenvalue weighted by Gasteiger charge is -2.10. The van der Waals surface area contributed by atoms with Crippen LogP contribution in [0.3, 0.4) is 0 Å². The Bertz CT molecular complexity index is 1300. The van der Waals surface area contributed by atoms with Crippen LogP contribution in [0.25, 0.3) is 10.8 Å². The van der Waals surface area contributed by atoms with Gasteiger partial charge in [0.05, 0.1) is 18.1 Å². The molecule has 0 unspecified atom stereocenters. The van der Waals surface area contributed by atoms with Gasteiger partial charge in [-0.05, 0) is 17.7 Å². The summed E-state index contributed by atoms with van der Waals surface area (Å²) in [6.07, 6.45) is 1.46. The number of halogens is 1. The Morgan fingerprint density at radius 2 is 1.63 bits per heavy atom. The van der Waals surface area contributed by atoms with Crippen molar-refractivity contribution in [2.45, 2.75) is 6.54 Å². The van der Waals surface area contributed by atoms with E-state index in [0.717, 1.165) is 5.56 Å². The van der Waals surface area contributed by atoms with Gasteiger partial charge >= 0.3 is 0 Å². The molecule has 1 aromatic heterocycles. The summed E-state index contributed by atoms with van der Waals surface area (Å²) in [6.45, 7) is 0.258. The van der Waals surface area contributed by atoms with Crippen LogP contribution in [-0.4, -0.2) is 21.9 Å². The van der Waals surface area contributed by atoms with Crippen LogP contribution in [-0.2, 0) is 6.54 Å². The summed E-state index contributed by atoms with van der Waals surface area (Å²) in [7, 11) is 0. The first-order chi connectivity index (χ1) is 14.6. The molecule has 7 heteroatoms. The van der Waals surface area contributed by atoms with Crippen molar-refractivity contribution in [1.82, 2.24) is 15.2 Å². The van der Waals surface area contributed by atoms with Crippen LogP contribution in [0.2, 0.25) is 5.02 Å². The summed E-state index contributed by atoms with van der Waals surface area (Å²) in [4.78, 5) is 25.7. The molecule has 0 spiro atoms. The zero-order valence-corrected chi connectivity index (χ0v) is 16.6. The third kappa shape index (κ3) is 4.14. The van der Waals surface area contributed by atoms with E-state index in [1.54, 1.807) is 36.4 Å². The molecule has 0 saturated heterocycles. The number of nitrogens with one attached hydrogen (secondary N) is 1. The largest absolute Gasteiger partial charge is 0.292 e. The highest BCUT2D eigenvalue weighted by molar-refractivity contribution is 6.33. The SMILES string of the molecule is O=C(N/N=C\c1ccccc1Cl)c1nn(Cc2ccccc2)c(=O)c2ccccc12. The minimum Gasteiger partial charge on any atom is -0.267 e. The summed E-state index contributed by atoms with van der Waals surface area (Å²) in [5, 5.41) is 9.73. The minimum atomic E-state index is -0.517. The van der Waals surface area contributed by atoms with Crippen molar-refractivity contribution in [2.75, 3.05) is 0 Å². The molecule has 0 bridgehead atoms. The quantitative estimate of drug-likeness (QED) is 0.396. The van der Waals surface area contributed by atoms with Crippen molar-refractivity contribution in [3.63, 3.8) is 0 Å². The van der Waals surface area contributed by atoms with E-state index in [9.17, 15) is 9.59 Å². The van der Waals surface area contributed by atoms with Crippen LogP contribution < -0.4 is 11.0 Å². The normalized spacial score (nSPS) is 11.1. The number of carbonyl (C=O) groups is 1. The molecule has 6 nitrogen and oxygen atoms in total. The van der Waals surface area contributed by atoms with E-state index in [-0.39, 0.29) is 17.8 Å². The summed E-state index contributed by atoms with van der Waals surface area (Å²) >= 11 is 6.10. The average Bonchev–Trinajstić information content (AvgIpc) is 2.77. The van der Waals surface area contributed by atoms with Crippen LogP contribution >= 0.6 is 11.6 Å². The number of nitrogens with zero attached hydrogens (tertiary/aromatic N) is 3. The van der Waals surface area contributed by atoms with Gasteiger partial charge in [-0.25, -0.2) is 10.1 Å². The maximum absolute atomic E-state index is 12.9. The number of carbonyl (C=O) groups excluding carboxylic acids is 1. The molecular weight excluding hydrogens is 400 g/mol. The third-order valence-corrected chi connectivity index (χ3v) is 4.88. The highest BCUT2D eigenvalue weighted by Crippen LogP contribution is 2.15. The number of fused-ring (bicyclic) bond motifs is 1. The molecule has 4 aromatic rings. The van der Waals surface area contributed by atoms with Gasteiger partial charge in [0, 0.05) is 16.0 Å². The standard InChI is InChI=1S/C23H17ClN4O2/c24-20-13-7-4-10-17(20)14-25-26-22(29)21-18-11-5-6-12-19(18)23(30)28(27-21)15-16-8-2-1-3-9-16/h1-14H,15H2,(H,26,29)/b25-14-. The third-order valence-electron chi connectivity index (χ3n) is 4.53. The molecule has 3 aromatic carbocycles. The van der Waals surface area contributed by atoms with E-state index >= 15 is 0 Å². The van der Waals surface area contributed by atoms with Gasteiger partial charge in [0.15, 0.2) is 5.69 Å². The van der Waals surface area contributed by atoms with Crippen LogP contribution in [0.4, 0.5) is 0 Å². The maximum atomic E-state index is 12.9. The Hall–Kier alpha value is -3.77. The second-order valence-corrected chi connectivity index (χ2v) is 6.97. The van der Waals surface area contributed by atoms with Crippen molar-refractivity contribution in [1.29, 1.82) is 0 Å². The summed E-state index contributed by atoms with van der Waals surface area (Å²) < 4.78 is 1.30. The molecule has 30 heavy (non-hydrogen) atoms. The molecule has 1 amide bonds. The fourth-order valence-electron chi connectivity index (χ4n) is 3.06. The monoisotopic (exact) mass is 416 g/mol. The predicted octanol–water partition coefficient (Wildman–Crippen LogP) is 3.86. The van der Waals surface area contributed by atoms with Gasteiger partial charge in [-0.2, -0.15) is 10.2 Å². The highest BCUT2D eigenvalue weighted by Gasteiger charge is 2.16. The predicted molar refractivity (Wildman–Crippen MR) is 118 cm³/mol. The number of rotatable bonds is 5. The molecule has 0 aliphatic carbocycles. The number of hydrogen-bond acceptors (Lipinski definition) is 4. The van der Waals surface area contributed by atoms with Crippen LogP contribution in [0.1, 0.15) is 21.6 Å². The van der Waals surface area contributed by atoms with Gasteiger partial charge in [0.1, 0.15) is 0 Å². The molecule has 1 heterocycles.